The molecule has 7 heteroatoms. The van der Waals surface area contributed by atoms with Crippen molar-refractivity contribution in [2.24, 2.45) is 0 Å². The second kappa shape index (κ2) is 6.27. The van der Waals surface area contributed by atoms with E-state index in [1.54, 1.807) is 6.92 Å². The lowest BCUT2D eigenvalue weighted by atomic mass is 9.99. The molecule has 1 aliphatic rings. The van der Waals surface area contributed by atoms with Gasteiger partial charge in [0, 0.05) is 6.42 Å². The lowest BCUT2D eigenvalue weighted by Crippen LogP contribution is -2.59. The van der Waals surface area contributed by atoms with Gasteiger partial charge in [-0.25, -0.2) is 0 Å². The van der Waals surface area contributed by atoms with Gasteiger partial charge in [0.1, 0.15) is 24.4 Å². The van der Waals surface area contributed by atoms with Crippen LogP contribution in [0.4, 0.5) is 0 Å². The van der Waals surface area contributed by atoms with Gasteiger partial charge in [-0.2, -0.15) is 0 Å². The van der Waals surface area contributed by atoms with Gasteiger partial charge in [-0.3, -0.25) is 4.79 Å². The van der Waals surface area contributed by atoms with E-state index in [9.17, 15) is 20.1 Å². The Hall–Kier alpha value is -0.730. The Morgan fingerprint density at radius 1 is 1.24 bits per heavy atom. The van der Waals surface area contributed by atoms with Crippen LogP contribution in [-0.4, -0.2) is 63.7 Å². The first kappa shape index (κ1) is 14.3. The summed E-state index contributed by atoms with van der Waals surface area (Å²) in [4.78, 5) is 11.2. The largest absolute Gasteiger partial charge is 0.433 e. The van der Waals surface area contributed by atoms with Crippen molar-refractivity contribution in [3.05, 3.63) is 0 Å². The first-order valence-electron chi connectivity index (χ1n) is 5.51. The number of carbonyl (C=O) groups excluding carboxylic acids is 1. The zero-order valence-electron chi connectivity index (χ0n) is 9.52. The molecule has 7 nitrogen and oxygen atoms in total. The molecule has 0 spiro atoms. The van der Waals surface area contributed by atoms with E-state index < -0.39 is 43.3 Å². The summed E-state index contributed by atoms with van der Waals surface area (Å²) in [6.45, 7) is 1.24. The molecule has 1 aliphatic heterocycles. The Labute approximate surface area is 98.6 Å². The van der Waals surface area contributed by atoms with Crippen LogP contribution in [0.2, 0.25) is 0 Å². The van der Waals surface area contributed by atoms with Crippen molar-refractivity contribution >= 4 is 5.97 Å². The molecule has 0 radical (unpaired) electrons. The second-order valence-electron chi connectivity index (χ2n) is 3.94. The minimum absolute atomic E-state index is 0.162. The smallest absolute Gasteiger partial charge is 0.308 e. The van der Waals surface area contributed by atoms with Gasteiger partial charge in [0.15, 0.2) is 0 Å². The first-order valence-corrected chi connectivity index (χ1v) is 5.51. The third-order valence-electron chi connectivity index (χ3n) is 2.55. The molecule has 0 aromatic carbocycles. The summed E-state index contributed by atoms with van der Waals surface area (Å²) in [6.07, 6.45) is -6.20. The minimum Gasteiger partial charge on any atom is -0.433 e. The zero-order valence-corrected chi connectivity index (χ0v) is 9.52. The van der Waals surface area contributed by atoms with Crippen LogP contribution in [0.5, 0.6) is 0 Å². The molecular weight excluding hydrogens is 232 g/mol. The Kier molecular flexibility index (Phi) is 5.29. The molecule has 1 heterocycles. The summed E-state index contributed by atoms with van der Waals surface area (Å²) in [6, 6.07) is 0. The van der Waals surface area contributed by atoms with Crippen LogP contribution in [0.3, 0.4) is 0 Å². The van der Waals surface area contributed by atoms with Crippen LogP contribution in [0.1, 0.15) is 19.8 Å². The summed E-state index contributed by atoms with van der Waals surface area (Å²) in [5, 5.41) is 37.4. The van der Waals surface area contributed by atoms with Crippen LogP contribution < -0.4 is 0 Å². The van der Waals surface area contributed by atoms with Crippen LogP contribution in [0.25, 0.3) is 0 Å². The summed E-state index contributed by atoms with van der Waals surface area (Å²) < 4.78 is 9.80. The van der Waals surface area contributed by atoms with Crippen molar-refractivity contribution in [3.8, 4) is 0 Å². The molecule has 0 unspecified atom stereocenters. The van der Waals surface area contributed by atoms with Crippen molar-refractivity contribution in [1.29, 1.82) is 0 Å². The summed E-state index contributed by atoms with van der Waals surface area (Å²) in [7, 11) is 0. The van der Waals surface area contributed by atoms with E-state index in [-0.39, 0.29) is 6.42 Å². The zero-order chi connectivity index (χ0) is 13.0. The lowest BCUT2D eigenvalue weighted by Gasteiger charge is -2.39. The molecule has 0 amide bonds. The highest BCUT2D eigenvalue weighted by molar-refractivity contribution is 5.69. The van der Waals surface area contributed by atoms with E-state index in [0.29, 0.717) is 6.42 Å². The number of hydrogen-bond donors (Lipinski definition) is 4. The second-order valence-corrected chi connectivity index (χ2v) is 3.94. The number of ether oxygens (including phenoxy) is 2. The molecule has 1 saturated heterocycles. The fourth-order valence-electron chi connectivity index (χ4n) is 1.56. The van der Waals surface area contributed by atoms with Crippen molar-refractivity contribution in [3.63, 3.8) is 0 Å². The van der Waals surface area contributed by atoms with Crippen LogP contribution in [-0.2, 0) is 14.3 Å². The Morgan fingerprint density at radius 2 is 1.88 bits per heavy atom. The molecule has 0 aromatic rings. The summed E-state index contributed by atoms with van der Waals surface area (Å²) >= 11 is 0. The Morgan fingerprint density at radius 3 is 2.41 bits per heavy atom. The van der Waals surface area contributed by atoms with Gasteiger partial charge in [-0.15, -0.1) is 0 Å². The number of hydrogen-bond acceptors (Lipinski definition) is 7. The van der Waals surface area contributed by atoms with Crippen molar-refractivity contribution in [1.82, 2.24) is 0 Å². The molecule has 0 bridgehead atoms. The fourth-order valence-corrected chi connectivity index (χ4v) is 1.56. The Bertz CT molecular complexity index is 255. The fraction of sp³-hybridized carbons (Fsp3) is 0.900. The summed E-state index contributed by atoms with van der Waals surface area (Å²) in [5.41, 5.74) is 0. The molecule has 17 heavy (non-hydrogen) atoms. The maximum Gasteiger partial charge on any atom is 0.308 e. The number of carbonyl (C=O) groups is 1. The van der Waals surface area contributed by atoms with E-state index in [2.05, 4.69) is 0 Å². The lowest BCUT2D eigenvalue weighted by molar-refractivity contribution is -0.292. The van der Waals surface area contributed by atoms with Gasteiger partial charge < -0.3 is 29.9 Å². The third kappa shape index (κ3) is 3.36. The molecule has 4 N–H and O–H groups in total. The van der Waals surface area contributed by atoms with Gasteiger partial charge in [-0.05, 0) is 6.42 Å². The van der Waals surface area contributed by atoms with Crippen LogP contribution in [0, 0.1) is 0 Å². The highest BCUT2D eigenvalue weighted by Gasteiger charge is 2.45. The third-order valence-corrected chi connectivity index (χ3v) is 2.55. The first-order chi connectivity index (χ1) is 8.01. The maximum absolute atomic E-state index is 11.2. The molecule has 100 valence electrons. The minimum atomic E-state index is -1.53. The van der Waals surface area contributed by atoms with Crippen molar-refractivity contribution in [2.75, 3.05) is 6.61 Å². The van der Waals surface area contributed by atoms with Gasteiger partial charge in [0.2, 0.25) is 6.29 Å². The molecule has 0 aromatic heterocycles. The SMILES string of the molecule is CCCC(=O)O[C@@H]1O[C@H](CO)[C@@H](O)[C@H](O)[C@H]1O. The van der Waals surface area contributed by atoms with E-state index in [1.807, 2.05) is 0 Å². The van der Waals surface area contributed by atoms with E-state index in [1.165, 1.54) is 0 Å². The van der Waals surface area contributed by atoms with Gasteiger partial charge >= 0.3 is 5.97 Å². The average molecular weight is 250 g/mol. The average Bonchev–Trinajstić information content (AvgIpc) is 2.30. The van der Waals surface area contributed by atoms with E-state index in [4.69, 9.17) is 14.6 Å². The predicted octanol–water partition coefficient (Wildman–Crippen LogP) is -1.87. The molecule has 1 fully saturated rings. The monoisotopic (exact) mass is 250 g/mol. The normalized spacial score (nSPS) is 37.8. The van der Waals surface area contributed by atoms with Crippen molar-refractivity contribution in [2.45, 2.75) is 50.5 Å². The van der Waals surface area contributed by atoms with E-state index >= 15 is 0 Å². The Balaban J connectivity index is 2.62. The number of aliphatic hydroxyl groups is 4. The van der Waals surface area contributed by atoms with Gasteiger partial charge in [-0.1, -0.05) is 6.92 Å². The molecule has 5 atom stereocenters. The van der Waals surface area contributed by atoms with Crippen LogP contribution in [0.15, 0.2) is 0 Å². The predicted molar refractivity (Wildman–Crippen MR) is 54.8 cm³/mol. The van der Waals surface area contributed by atoms with Crippen molar-refractivity contribution < 1.29 is 34.7 Å². The highest BCUT2D eigenvalue weighted by atomic mass is 16.7. The van der Waals surface area contributed by atoms with Gasteiger partial charge in [0.25, 0.3) is 0 Å². The standard InChI is InChI=1S/C10H18O7/c1-2-3-6(12)17-10-9(15)8(14)7(13)5(4-11)16-10/h5,7-11,13-15H,2-4H2,1H3/t5-,7-,8+,9-,10+/m1/s1. The molecular formula is C10H18O7. The van der Waals surface area contributed by atoms with Crippen LogP contribution >= 0.6 is 0 Å². The van der Waals surface area contributed by atoms with E-state index in [0.717, 1.165) is 0 Å². The number of esters is 1. The number of rotatable bonds is 4. The molecule has 1 rings (SSSR count). The number of aliphatic hydroxyl groups excluding tert-OH is 4. The quantitative estimate of drug-likeness (QED) is 0.432. The van der Waals surface area contributed by atoms with Gasteiger partial charge in [0.05, 0.1) is 6.61 Å². The summed E-state index contributed by atoms with van der Waals surface area (Å²) in [5.74, 6) is -0.572. The molecule has 0 aliphatic carbocycles. The topological polar surface area (TPSA) is 116 Å². The molecule has 0 saturated carbocycles. The highest BCUT2D eigenvalue weighted by Crippen LogP contribution is 2.22. The maximum atomic E-state index is 11.2.